The molecule has 0 heterocycles. The number of ether oxygens (including phenoxy) is 3. The number of nitrogens with one attached hydrogen (secondary N) is 2. The molecule has 0 fully saturated rings. The van der Waals surface area contributed by atoms with Gasteiger partial charge in [0.05, 0.1) is 13.7 Å². The third kappa shape index (κ3) is 6.01. The second-order valence-corrected chi connectivity index (χ2v) is 5.26. The average Bonchev–Trinajstić information content (AvgIpc) is 2.67. The van der Waals surface area contributed by atoms with Gasteiger partial charge in [-0.05, 0) is 36.8 Å². The number of carbonyl (C=O) groups excluding carboxylic acids is 2. The SMILES string of the molecule is CCOC(=O)C(NC(=O)OCc1ccccc1)Nc1ccc(OC)cc1. The van der Waals surface area contributed by atoms with E-state index < -0.39 is 18.2 Å². The maximum absolute atomic E-state index is 12.1. The molecule has 1 amide bonds. The molecule has 7 nitrogen and oxygen atoms in total. The summed E-state index contributed by atoms with van der Waals surface area (Å²) in [5.41, 5.74) is 1.46. The van der Waals surface area contributed by atoms with Gasteiger partial charge in [-0.3, -0.25) is 5.32 Å². The summed E-state index contributed by atoms with van der Waals surface area (Å²) in [7, 11) is 1.56. The van der Waals surface area contributed by atoms with Crippen LogP contribution in [0.25, 0.3) is 0 Å². The molecule has 138 valence electrons. The van der Waals surface area contributed by atoms with Gasteiger partial charge in [0.15, 0.2) is 0 Å². The fraction of sp³-hybridized carbons (Fsp3) is 0.263. The number of carbonyl (C=O) groups is 2. The van der Waals surface area contributed by atoms with Crippen LogP contribution in [0.15, 0.2) is 54.6 Å². The number of esters is 1. The van der Waals surface area contributed by atoms with E-state index in [1.165, 1.54) is 0 Å². The molecule has 1 atom stereocenters. The first-order valence-electron chi connectivity index (χ1n) is 8.16. The van der Waals surface area contributed by atoms with E-state index in [1.807, 2.05) is 30.3 Å². The Morgan fingerprint density at radius 2 is 1.69 bits per heavy atom. The summed E-state index contributed by atoms with van der Waals surface area (Å²) >= 11 is 0. The third-order valence-electron chi connectivity index (χ3n) is 3.40. The molecule has 2 rings (SSSR count). The van der Waals surface area contributed by atoms with Crippen LogP contribution in [-0.2, 0) is 20.9 Å². The van der Waals surface area contributed by atoms with Crippen molar-refractivity contribution in [2.75, 3.05) is 19.0 Å². The van der Waals surface area contributed by atoms with Gasteiger partial charge in [-0.15, -0.1) is 0 Å². The van der Waals surface area contributed by atoms with Crippen molar-refractivity contribution in [1.82, 2.24) is 5.32 Å². The van der Waals surface area contributed by atoms with E-state index in [4.69, 9.17) is 14.2 Å². The smallest absolute Gasteiger partial charge is 0.409 e. The van der Waals surface area contributed by atoms with Crippen LogP contribution in [0.2, 0.25) is 0 Å². The minimum absolute atomic E-state index is 0.102. The topological polar surface area (TPSA) is 85.9 Å². The highest BCUT2D eigenvalue weighted by Crippen LogP contribution is 2.15. The van der Waals surface area contributed by atoms with Crippen LogP contribution in [0.3, 0.4) is 0 Å². The highest BCUT2D eigenvalue weighted by atomic mass is 16.6. The van der Waals surface area contributed by atoms with Gasteiger partial charge in [0.25, 0.3) is 0 Å². The summed E-state index contributed by atoms with van der Waals surface area (Å²) in [6.07, 6.45) is -1.81. The molecule has 2 N–H and O–H groups in total. The number of benzene rings is 2. The Bertz CT molecular complexity index is 704. The van der Waals surface area contributed by atoms with Crippen molar-refractivity contribution in [2.24, 2.45) is 0 Å². The molecule has 26 heavy (non-hydrogen) atoms. The van der Waals surface area contributed by atoms with Crippen LogP contribution in [0.5, 0.6) is 5.75 Å². The van der Waals surface area contributed by atoms with Gasteiger partial charge in [0.1, 0.15) is 12.4 Å². The van der Waals surface area contributed by atoms with E-state index >= 15 is 0 Å². The molecule has 1 unspecified atom stereocenters. The van der Waals surface area contributed by atoms with Gasteiger partial charge in [-0.1, -0.05) is 30.3 Å². The Balaban J connectivity index is 1.96. The van der Waals surface area contributed by atoms with Crippen molar-refractivity contribution >= 4 is 17.7 Å². The standard InChI is InChI=1S/C19H22N2O5/c1-3-25-18(22)17(20-15-9-11-16(24-2)12-10-15)21-19(23)26-13-14-7-5-4-6-8-14/h4-12,17,20H,3,13H2,1-2H3,(H,21,23). The molecule has 0 bridgehead atoms. The number of hydrogen-bond donors (Lipinski definition) is 2. The molecule has 0 radical (unpaired) electrons. The molecule has 0 saturated heterocycles. The van der Waals surface area contributed by atoms with Crippen molar-refractivity contribution in [3.8, 4) is 5.75 Å². The fourth-order valence-electron chi connectivity index (χ4n) is 2.12. The van der Waals surface area contributed by atoms with Crippen molar-refractivity contribution in [2.45, 2.75) is 19.7 Å². The predicted octanol–water partition coefficient (Wildman–Crippen LogP) is 2.92. The number of anilines is 1. The zero-order valence-electron chi connectivity index (χ0n) is 14.7. The van der Waals surface area contributed by atoms with Crippen LogP contribution in [0.1, 0.15) is 12.5 Å². The van der Waals surface area contributed by atoms with E-state index in [9.17, 15) is 9.59 Å². The lowest BCUT2D eigenvalue weighted by molar-refractivity contribution is -0.144. The minimum Gasteiger partial charge on any atom is -0.497 e. The van der Waals surface area contributed by atoms with Crippen LogP contribution in [0, 0.1) is 0 Å². The van der Waals surface area contributed by atoms with Crippen LogP contribution >= 0.6 is 0 Å². The molecule has 2 aromatic rings. The zero-order chi connectivity index (χ0) is 18.8. The Hall–Kier alpha value is -3.22. The molecular formula is C19H22N2O5. The summed E-state index contributed by atoms with van der Waals surface area (Å²) in [5, 5.41) is 5.37. The van der Waals surface area contributed by atoms with Gasteiger partial charge in [0.2, 0.25) is 6.17 Å². The van der Waals surface area contributed by atoms with Crippen LogP contribution in [-0.4, -0.2) is 31.9 Å². The zero-order valence-corrected chi connectivity index (χ0v) is 14.7. The lowest BCUT2D eigenvalue weighted by Crippen LogP contribution is -2.47. The molecule has 7 heteroatoms. The molecular weight excluding hydrogens is 336 g/mol. The molecule has 0 saturated carbocycles. The Kier molecular flexibility index (Phi) is 7.30. The van der Waals surface area contributed by atoms with Gasteiger partial charge >= 0.3 is 12.1 Å². The molecule has 0 aromatic heterocycles. The van der Waals surface area contributed by atoms with E-state index in [0.29, 0.717) is 11.4 Å². The number of alkyl carbamates (subject to hydrolysis) is 1. The van der Waals surface area contributed by atoms with Gasteiger partial charge in [-0.2, -0.15) is 0 Å². The number of amides is 1. The van der Waals surface area contributed by atoms with Gasteiger partial charge in [-0.25, -0.2) is 9.59 Å². The van der Waals surface area contributed by atoms with E-state index in [-0.39, 0.29) is 13.2 Å². The summed E-state index contributed by atoms with van der Waals surface area (Å²) < 4.78 is 15.2. The molecule has 2 aromatic carbocycles. The van der Waals surface area contributed by atoms with Gasteiger partial charge < -0.3 is 19.5 Å². The Morgan fingerprint density at radius 3 is 2.31 bits per heavy atom. The molecule has 0 aliphatic heterocycles. The highest BCUT2D eigenvalue weighted by Gasteiger charge is 2.22. The van der Waals surface area contributed by atoms with E-state index in [2.05, 4.69) is 10.6 Å². The maximum Gasteiger partial charge on any atom is 0.409 e. The summed E-state index contributed by atoms with van der Waals surface area (Å²) in [6.45, 7) is 1.99. The minimum atomic E-state index is -1.08. The first-order valence-corrected chi connectivity index (χ1v) is 8.16. The van der Waals surface area contributed by atoms with E-state index in [0.717, 1.165) is 5.56 Å². The fourth-order valence-corrected chi connectivity index (χ4v) is 2.12. The van der Waals surface area contributed by atoms with Crippen molar-refractivity contribution < 1.29 is 23.8 Å². The van der Waals surface area contributed by atoms with Crippen molar-refractivity contribution in [1.29, 1.82) is 0 Å². The summed E-state index contributed by atoms with van der Waals surface area (Å²) in [6, 6.07) is 16.2. The average molecular weight is 358 g/mol. The number of methoxy groups -OCH3 is 1. The molecule has 0 aliphatic rings. The normalized spacial score (nSPS) is 11.2. The molecule has 0 aliphatic carbocycles. The van der Waals surface area contributed by atoms with Crippen LogP contribution < -0.4 is 15.4 Å². The summed E-state index contributed by atoms with van der Waals surface area (Å²) in [5.74, 6) is 0.0680. The molecule has 0 spiro atoms. The maximum atomic E-state index is 12.1. The third-order valence-corrected chi connectivity index (χ3v) is 3.40. The van der Waals surface area contributed by atoms with E-state index in [1.54, 1.807) is 38.3 Å². The number of rotatable bonds is 8. The number of hydrogen-bond acceptors (Lipinski definition) is 6. The van der Waals surface area contributed by atoms with Crippen molar-refractivity contribution in [3.63, 3.8) is 0 Å². The lowest BCUT2D eigenvalue weighted by Gasteiger charge is -2.19. The highest BCUT2D eigenvalue weighted by molar-refractivity contribution is 5.83. The van der Waals surface area contributed by atoms with Crippen molar-refractivity contribution in [3.05, 3.63) is 60.2 Å². The Labute approximate surface area is 152 Å². The summed E-state index contributed by atoms with van der Waals surface area (Å²) in [4.78, 5) is 24.1. The second-order valence-electron chi connectivity index (χ2n) is 5.26. The monoisotopic (exact) mass is 358 g/mol. The second kappa shape index (κ2) is 9.93. The van der Waals surface area contributed by atoms with Crippen LogP contribution in [0.4, 0.5) is 10.5 Å². The Morgan fingerprint density at radius 1 is 1.00 bits per heavy atom. The quantitative estimate of drug-likeness (QED) is 0.557. The first-order chi connectivity index (χ1) is 12.6. The lowest BCUT2D eigenvalue weighted by atomic mass is 10.2. The predicted molar refractivity (Wildman–Crippen MR) is 96.8 cm³/mol. The first kappa shape index (κ1) is 19.1. The largest absolute Gasteiger partial charge is 0.497 e. The van der Waals surface area contributed by atoms with Gasteiger partial charge in [0, 0.05) is 5.69 Å².